The first-order chi connectivity index (χ1) is 13.9. The van der Waals surface area contributed by atoms with E-state index in [0.29, 0.717) is 22.7 Å². The number of hydrogen-bond donors (Lipinski definition) is 2. The molecule has 0 amide bonds. The van der Waals surface area contributed by atoms with Gasteiger partial charge >= 0.3 is 0 Å². The van der Waals surface area contributed by atoms with Crippen LogP contribution in [-0.4, -0.2) is 34.0 Å². The van der Waals surface area contributed by atoms with Crippen LogP contribution >= 0.6 is 0 Å². The lowest BCUT2D eigenvalue weighted by Crippen LogP contribution is -2.14. The number of benzene rings is 3. The first-order valence-corrected chi connectivity index (χ1v) is 10.1. The van der Waals surface area contributed by atoms with Crippen molar-refractivity contribution in [1.82, 2.24) is 0 Å². The lowest BCUT2D eigenvalue weighted by Gasteiger charge is -2.12. The first kappa shape index (κ1) is 20.2. The maximum Gasteiger partial charge on any atom is 0.265 e. The van der Waals surface area contributed by atoms with Gasteiger partial charge in [-0.3, -0.25) is 9.71 Å². The fourth-order valence-electron chi connectivity index (χ4n) is 2.57. The van der Waals surface area contributed by atoms with Gasteiger partial charge in [0, 0.05) is 17.5 Å². The minimum atomic E-state index is -3.93. The van der Waals surface area contributed by atoms with Crippen LogP contribution in [0.15, 0.2) is 76.6 Å². The van der Waals surface area contributed by atoms with Crippen LogP contribution in [0.3, 0.4) is 0 Å². The van der Waals surface area contributed by atoms with E-state index in [1.165, 1.54) is 32.6 Å². The number of para-hydroxylation sites is 1. The van der Waals surface area contributed by atoms with Crippen LogP contribution in [0, 0.1) is 0 Å². The molecule has 0 unspecified atom stereocenters. The Morgan fingerprint density at radius 1 is 0.966 bits per heavy atom. The number of anilines is 1. The van der Waals surface area contributed by atoms with Gasteiger partial charge in [0.05, 0.1) is 19.9 Å². The Hall–Kier alpha value is -3.52. The van der Waals surface area contributed by atoms with Crippen molar-refractivity contribution in [3.05, 3.63) is 72.3 Å². The van der Waals surface area contributed by atoms with Crippen LogP contribution in [0.1, 0.15) is 5.56 Å². The van der Waals surface area contributed by atoms with Gasteiger partial charge in [0.2, 0.25) is 0 Å². The summed E-state index contributed by atoms with van der Waals surface area (Å²) in [6.07, 6.45) is 1.46. The van der Waals surface area contributed by atoms with E-state index in [1.807, 2.05) is 0 Å². The molecule has 0 aromatic heterocycles. The van der Waals surface area contributed by atoms with E-state index in [-0.39, 0.29) is 16.4 Å². The Kier molecular flexibility index (Phi) is 6.04. The minimum absolute atomic E-state index is 0.0530. The molecule has 8 heteroatoms. The molecule has 0 aliphatic rings. The standard InChI is InChI=1S/C21H20N2O5S/c1-27-18-10-7-16(8-11-18)23-29(25,26)21-13-17(9-12-20(21)28-2)22-14-15-5-3-4-6-19(15)24/h3-14,23-24H,1-2H3. The van der Waals surface area contributed by atoms with Gasteiger partial charge < -0.3 is 14.6 Å². The molecule has 0 atom stereocenters. The number of hydrogen-bond acceptors (Lipinski definition) is 6. The quantitative estimate of drug-likeness (QED) is 0.573. The summed E-state index contributed by atoms with van der Waals surface area (Å²) in [5.74, 6) is 0.886. The lowest BCUT2D eigenvalue weighted by atomic mass is 10.2. The Labute approximate surface area is 169 Å². The Morgan fingerprint density at radius 3 is 2.34 bits per heavy atom. The van der Waals surface area contributed by atoms with Crippen molar-refractivity contribution in [3.63, 3.8) is 0 Å². The highest BCUT2D eigenvalue weighted by atomic mass is 32.2. The predicted octanol–water partition coefficient (Wildman–Crippen LogP) is 3.96. The summed E-state index contributed by atoms with van der Waals surface area (Å²) >= 11 is 0. The van der Waals surface area contributed by atoms with Crippen molar-refractivity contribution in [2.75, 3.05) is 18.9 Å². The maximum atomic E-state index is 12.9. The highest BCUT2D eigenvalue weighted by Crippen LogP contribution is 2.30. The number of phenols is 1. The monoisotopic (exact) mass is 412 g/mol. The number of rotatable bonds is 7. The molecule has 7 nitrogen and oxygen atoms in total. The highest BCUT2D eigenvalue weighted by molar-refractivity contribution is 7.92. The van der Waals surface area contributed by atoms with E-state index in [4.69, 9.17) is 9.47 Å². The van der Waals surface area contributed by atoms with Gasteiger partial charge in [-0.05, 0) is 54.6 Å². The molecule has 3 aromatic carbocycles. The van der Waals surface area contributed by atoms with Gasteiger partial charge in [-0.25, -0.2) is 8.42 Å². The molecule has 0 aliphatic carbocycles. The molecule has 0 bridgehead atoms. The van der Waals surface area contributed by atoms with Crippen molar-refractivity contribution < 1.29 is 23.0 Å². The predicted molar refractivity (Wildman–Crippen MR) is 112 cm³/mol. The van der Waals surface area contributed by atoms with Crippen LogP contribution in [0.4, 0.5) is 11.4 Å². The zero-order valence-corrected chi connectivity index (χ0v) is 16.7. The number of methoxy groups -OCH3 is 2. The second kappa shape index (κ2) is 8.66. The van der Waals surface area contributed by atoms with Crippen LogP contribution in [0.5, 0.6) is 17.2 Å². The van der Waals surface area contributed by atoms with Crippen molar-refractivity contribution in [1.29, 1.82) is 0 Å². The van der Waals surface area contributed by atoms with Crippen LogP contribution in [-0.2, 0) is 10.0 Å². The van der Waals surface area contributed by atoms with Crippen LogP contribution in [0.25, 0.3) is 0 Å². The number of aromatic hydroxyl groups is 1. The molecule has 0 saturated carbocycles. The average molecular weight is 412 g/mol. The second-order valence-corrected chi connectivity index (χ2v) is 7.64. The number of nitrogens with one attached hydrogen (secondary N) is 1. The van der Waals surface area contributed by atoms with Crippen molar-refractivity contribution in [2.45, 2.75) is 4.90 Å². The summed E-state index contributed by atoms with van der Waals surface area (Å²) < 4.78 is 38.6. The molecule has 0 saturated heterocycles. The summed E-state index contributed by atoms with van der Waals surface area (Å²) in [5.41, 5.74) is 1.30. The third-order valence-corrected chi connectivity index (χ3v) is 5.47. The molecular weight excluding hydrogens is 392 g/mol. The SMILES string of the molecule is COc1ccc(NS(=O)(=O)c2cc(N=Cc3ccccc3O)ccc2OC)cc1. The van der Waals surface area contributed by atoms with E-state index in [1.54, 1.807) is 54.6 Å². The van der Waals surface area contributed by atoms with E-state index in [2.05, 4.69) is 9.71 Å². The van der Waals surface area contributed by atoms with E-state index < -0.39 is 10.0 Å². The molecule has 0 heterocycles. The van der Waals surface area contributed by atoms with E-state index in [0.717, 1.165) is 0 Å². The van der Waals surface area contributed by atoms with Crippen molar-refractivity contribution in [2.24, 2.45) is 4.99 Å². The molecule has 150 valence electrons. The molecule has 0 spiro atoms. The van der Waals surface area contributed by atoms with Gasteiger partial charge in [0.1, 0.15) is 22.1 Å². The van der Waals surface area contributed by atoms with Gasteiger partial charge in [-0.1, -0.05) is 12.1 Å². The fourth-order valence-corrected chi connectivity index (χ4v) is 3.81. The van der Waals surface area contributed by atoms with Gasteiger partial charge in [0.15, 0.2) is 0 Å². The number of sulfonamides is 1. The molecule has 0 aliphatic heterocycles. The van der Waals surface area contributed by atoms with Gasteiger partial charge in [-0.2, -0.15) is 0 Å². The van der Waals surface area contributed by atoms with Gasteiger partial charge in [-0.15, -0.1) is 0 Å². The van der Waals surface area contributed by atoms with E-state index >= 15 is 0 Å². The summed E-state index contributed by atoms with van der Waals surface area (Å²) in [4.78, 5) is 4.21. The number of phenolic OH excluding ortho intramolecular Hbond substituents is 1. The number of nitrogens with zero attached hydrogens (tertiary/aromatic N) is 1. The number of ether oxygens (including phenoxy) is 2. The number of aliphatic imine (C=N–C) groups is 1. The smallest absolute Gasteiger partial charge is 0.265 e. The summed E-state index contributed by atoms with van der Waals surface area (Å²) in [6.45, 7) is 0. The topological polar surface area (TPSA) is 97.2 Å². The maximum absolute atomic E-state index is 12.9. The Morgan fingerprint density at radius 2 is 1.69 bits per heavy atom. The molecule has 2 N–H and O–H groups in total. The fraction of sp³-hybridized carbons (Fsp3) is 0.0952. The third kappa shape index (κ3) is 4.85. The molecular formula is C21H20N2O5S. The van der Waals surface area contributed by atoms with Gasteiger partial charge in [0.25, 0.3) is 10.0 Å². The summed E-state index contributed by atoms with van der Waals surface area (Å²) in [6, 6.07) is 17.8. The highest BCUT2D eigenvalue weighted by Gasteiger charge is 2.20. The third-order valence-electron chi connectivity index (χ3n) is 4.07. The molecule has 3 aromatic rings. The minimum Gasteiger partial charge on any atom is -0.507 e. The second-order valence-electron chi connectivity index (χ2n) is 5.99. The van der Waals surface area contributed by atoms with Crippen molar-refractivity contribution in [3.8, 4) is 17.2 Å². The Balaban J connectivity index is 1.92. The Bertz CT molecular complexity index is 1130. The zero-order chi connectivity index (χ0) is 20.9. The normalized spacial score (nSPS) is 11.4. The lowest BCUT2D eigenvalue weighted by molar-refractivity contribution is 0.403. The molecule has 29 heavy (non-hydrogen) atoms. The van der Waals surface area contributed by atoms with Crippen molar-refractivity contribution >= 4 is 27.6 Å². The summed E-state index contributed by atoms with van der Waals surface area (Å²) in [5, 5.41) is 9.83. The van der Waals surface area contributed by atoms with E-state index in [9.17, 15) is 13.5 Å². The van der Waals surface area contributed by atoms with Crippen LogP contribution < -0.4 is 14.2 Å². The first-order valence-electron chi connectivity index (χ1n) is 8.60. The largest absolute Gasteiger partial charge is 0.507 e. The van der Waals surface area contributed by atoms with Crippen LogP contribution in [0.2, 0.25) is 0 Å². The molecule has 0 fully saturated rings. The zero-order valence-electron chi connectivity index (χ0n) is 15.9. The average Bonchev–Trinajstić information content (AvgIpc) is 2.73. The summed E-state index contributed by atoms with van der Waals surface area (Å²) in [7, 11) is -1.000. The molecule has 3 rings (SSSR count). The molecule has 0 radical (unpaired) electrons.